The minimum absolute atomic E-state index is 0.0478. The summed E-state index contributed by atoms with van der Waals surface area (Å²) in [4.78, 5) is 25.4. The first-order chi connectivity index (χ1) is 16.5. The molecule has 0 bridgehead atoms. The van der Waals surface area contributed by atoms with Gasteiger partial charge in [0, 0.05) is 5.69 Å². The minimum Gasteiger partial charge on any atom is -0.495 e. The molecule has 0 radical (unpaired) electrons. The van der Waals surface area contributed by atoms with Gasteiger partial charge in [0.25, 0.3) is 5.91 Å². The van der Waals surface area contributed by atoms with Gasteiger partial charge in [-0.25, -0.2) is 4.39 Å². The highest BCUT2D eigenvalue weighted by atomic mass is 32.2. The number of aromatic nitrogens is 3. The van der Waals surface area contributed by atoms with Gasteiger partial charge in [0.1, 0.15) is 11.6 Å². The van der Waals surface area contributed by atoms with E-state index in [9.17, 15) is 14.0 Å². The molecule has 0 fully saturated rings. The van der Waals surface area contributed by atoms with E-state index in [1.165, 1.54) is 47.4 Å². The number of hydrogen-bond acceptors (Lipinski definition) is 7. The molecule has 0 saturated carbocycles. The van der Waals surface area contributed by atoms with Crippen molar-refractivity contribution in [3.05, 3.63) is 82.6 Å². The Labute approximate surface area is 203 Å². The number of methoxy groups -OCH3 is 1. The molecule has 0 spiro atoms. The molecule has 174 valence electrons. The largest absolute Gasteiger partial charge is 0.495 e. The van der Waals surface area contributed by atoms with Crippen LogP contribution in [0.1, 0.15) is 15.5 Å². The number of ether oxygens (including phenoxy) is 1. The van der Waals surface area contributed by atoms with Crippen molar-refractivity contribution in [1.82, 2.24) is 20.1 Å². The van der Waals surface area contributed by atoms with E-state index < -0.39 is 0 Å². The van der Waals surface area contributed by atoms with Crippen LogP contribution in [0.4, 0.5) is 10.1 Å². The zero-order chi connectivity index (χ0) is 23.9. The van der Waals surface area contributed by atoms with Crippen LogP contribution in [0.2, 0.25) is 0 Å². The van der Waals surface area contributed by atoms with Gasteiger partial charge in [0.05, 0.1) is 30.0 Å². The lowest BCUT2D eigenvalue weighted by atomic mass is 10.3. The monoisotopic (exact) mass is 497 g/mol. The average Bonchev–Trinajstić information content (AvgIpc) is 3.53. The first-order valence-electron chi connectivity index (χ1n) is 10.1. The van der Waals surface area contributed by atoms with Crippen molar-refractivity contribution < 1.29 is 18.7 Å². The maximum Gasteiger partial charge on any atom is 0.261 e. The standard InChI is InChI=1S/C23H20FN5O3S2/c1-32-18-6-3-2-5-17(18)29-20(13-25-22(31)19-7-4-12-33-19)27-28-23(29)34-14-21(30)26-16-10-8-15(24)9-11-16/h2-12H,13-14H2,1H3,(H,25,31)(H,26,30). The molecule has 8 nitrogen and oxygen atoms in total. The van der Waals surface area contributed by atoms with Gasteiger partial charge in [-0.1, -0.05) is 30.0 Å². The Balaban J connectivity index is 1.53. The topological polar surface area (TPSA) is 98.1 Å². The van der Waals surface area contributed by atoms with Crippen molar-refractivity contribution in [2.45, 2.75) is 11.7 Å². The van der Waals surface area contributed by atoms with Crippen molar-refractivity contribution in [3.8, 4) is 11.4 Å². The number of amides is 2. The van der Waals surface area contributed by atoms with E-state index in [1.54, 1.807) is 23.8 Å². The predicted octanol–water partition coefficient (Wildman–Crippen LogP) is 4.14. The van der Waals surface area contributed by atoms with Gasteiger partial charge < -0.3 is 15.4 Å². The van der Waals surface area contributed by atoms with Crippen molar-refractivity contribution in [1.29, 1.82) is 0 Å². The molecule has 34 heavy (non-hydrogen) atoms. The number of para-hydroxylation sites is 2. The van der Waals surface area contributed by atoms with Crippen LogP contribution in [-0.4, -0.2) is 39.4 Å². The maximum absolute atomic E-state index is 13.1. The number of carbonyl (C=O) groups excluding carboxylic acids is 2. The summed E-state index contributed by atoms with van der Waals surface area (Å²) in [7, 11) is 1.56. The van der Waals surface area contributed by atoms with E-state index >= 15 is 0 Å². The van der Waals surface area contributed by atoms with Gasteiger partial charge in [-0.05, 0) is 47.8 Å². The lowest BCUT2D eigenvalue weighted by Gasteiger charge is -2.14. The first-order valence-corrected chi connectivity index (χ1v) is 12.0. The van der Waals surface area contributed by atoms with Crippen LogP contribution in [0, 0.1) is 5.82 Å². The van der Waals surface area contributed by atoms with Gasteiger partial charge >= 0.3 is 0 Å². The molecule has 0 aliphatic carbocycles. The van der Waals surface area contributed by atoms with Crippen molar-refractivity contribution in [2.24, 2.45) is 0 Å². The second-order valence-corrected chi connectivity index (χ2v) is 8.80. The molecule has 2 aromatic carbocycles. The molecule has 0 aliphatic rings. The molecular weight excluding hydrogens is 477 g/mol. The molecule has 2 heterocycles. The van der Waals surface area contributed by atoms with Crippen LogP contribution >= 0.6 is 23.1 Å². The molecule has 0 atom stereocenters. The fourth-order valence-corrected chi connectivity index (χ4v) is 4.48. The number of halogens is 1. The number of benzene rings is 2. The summed E-state index contributed by atoms with van der Waals surface area (Å²) in [6, 6.07) is 16.4. The summed E-state index contributed by atoms with van der Waals surface area (Å²) in [5.41, 5.74) is 1.17. The third-order valence-electron chi connectivity index (χ3n) is 4.64. The zero-order valence-corrected chi connectivity index (χ0v) is 19.7. The van der Waals surface area contributed by atoms with Gasteiger partial charge in [-0.15, -0.1) is 21.5 Å². The first kappa shape index (κ1) is 23.5. The molecule has 4 aromatic rings. The second-order valence-electron chi connectivity index (χ2n) is 6.91. The van der Waals surface area contributed by atoms with Crippen molar-refractivity contribution in [2.75, 3.05) is 18.2 Å². The summed E-state index contributed by atoms with van der Waals surface area (Å²) >= 11 is 2.53. The van der Waals surface area contributed by atoms with Crippen LogP contribution in [-0.2, 0) is 11.3 Å². The summed E-state index contributed by atoms with van der Waals surface area (Å²) < 4.78 is 20.3. The van der Waals surface area contributed by atoms with Crippen LogP contribution in [0.15, 0.2) is 71.2 Å². The van der Waals surface area contributed by atoms with Gasteiger partial charge in [-0.3, -0.25) is 14.2 Å². The molecule has 4 rings (SSSR count). The predicted molar refractivity (Wildman–Crippen MR) is 129 cm³/mol. The van der Waals surface area contributed by atoms with E-state index in [4.69, 9.17) is 4.74 Å². The van der Waals surface area contributed by atoms with Crippen LogP contribution < -0.4 is 15.4 Å². The van der Waals surface area contributed by atoms with Gasteiger partial charge in [-0.2, -0.15) is 0 Å². The lowest BCUT2D eigenvalue weighted by Crippen LogP contribution is -2.24. The Morgan fingerprint density at radius 2 is 1.88 bits per heavy atom. The van der Waals surface area contributed by atoms with E-state index in [0.717, 1.165) is 0 Å². The summed E-state index contributed by atoms with van der Waals surface area (Å²) in [5.74, 6) is 0.250. The molecule has 2 amide bonds. The maximum atomic E-state index is 13.1. The highest BCUT2D eigenvalue weighted by Crippen LogP contribution is 2.28. The Morgan fingerprint density at radius 3 is 2.62 bits per heavy atom. The van der Waals surface area contributed by atoms with Crippen molar-refractivity contribution >= 4 is 40.6 Å². The Kier molecular flexibility index (Phi) is 7.55. The Hall–Kier alpha value is -3.70. The number of anilines is 1. The number of thiophene rings is 1. The summed E-state index contributed by atoms with van der Waals surface area (Å²) in [6.07, 6.45) is 0. The molecule has 0 aliphatic heterocycles. The fourth-order valence-electron chi connectivity index (χ4n) is 3.08. The van der Waals surface area contributed by atoms with Crippen LogP contribution in [0.3, 0.4) is 0 Å². The second kappa shape index (κ2) is 10.9. The number of nitrogens with zero attached hydrogens (tertiary/aromatic N) is 3. The van der Waals surface area contributed by atoms with E-state index in [-0.39, 0.29) is 29.9 Å². The highest BCUT2D eigenvalue weighted by Gasteiger charge is 2.19. The summed E-state index contributed by atoms with van der Waals surface area (Å²) in [5, 5.41) is 16.3. The number of thioether (sulfide) groups is 1. The van der Waals surface area contributed by atoms with E-state index in [0.29, 0.717) is 33.0 Å². The molecule has 11 heteroatoms. The Morgan fingerprint density at radius 1 is 1.09 bits per heavy atom. The normalized spacial score (nSPS) is 10.6. The lowest BCUT2D eigenvalue weighted by molar-refractivity contribution is -0.113. The number of nitrogens with one attached hydrogen (secondary N) is 2. The van der Waals surface area contributed by atoms with Gasteiger partial charge in [0.15, 0.2) is 11.0 Å². The minimum atomic E-state index is -0.379. The summed E-state index contributed by atoms with van der Waals surface area (Å²) in [6.45, 7) is 0.129. The van der Waals surface area contributed by atoms with E-state index in [2.05, 4.69) is 20.8 Å². The Bertz CT molecular complexity index is 1280. The quantitative estimate of drug-likeness (QED) is 0.338. The van der Waals surface area contributed by atoms with Crippen LogP contribution in [0.5, 0.6) is 5.75 Å². The van der Waals surface area contributed by atoms with Gasteiger partial charge in [0.2, 0.25) is 5.91 Å². The smallest absolute Gasteiger partial charge is 0.261 e. The van der Waals surface area contributed by atoms with Crippen LogP contribution in [0.25, 0.3) is 5.69 Å². The molecule has 2 N–H and O–H groups in total. The molecular formula is C23H20FN5O3S2. The molecule has 2 aromatic heterocycles. The third-order valence-corrected chi connectivity index (χ3v) is 6.44. The highest BCUT2D eigenvalue weighted by molar-refractivity contribution is 7.99. The number of carbonyl (C=O) groups is 2. The third kappa shape index (κ3) is 5.61. The molecule has 0 unspecified atom stereocenters. The zero-order valence-electron chi connectivity index (χ0n) is 18.0. The fraction of sp³-hybridized carbons (Fsp3) is 0.130. The SMILES string of the molecule is COc1ccccc1-n1c(CNC(=O)c2cccs2)nnc1SCC(=O)Nc1ccc(F)cc1. The number of rotatable bonds is 9. The van der Waals surface area contributed by atoms with E-state index in [1.807, 2.05) is 29.6 Å². The molecule has 0 saturated heterocycles. The average molecular weight is 498 g/mol. The van der Waals surface area contributed by atoms with Crippen molar-refractivity contribution in [3.63, 3.8) is 0 Å². The number of hydrogen-bond donors (Lipinski definition) is 2.